The Balaban J connectivity index is 1.81. The number of nitrogens with zero attached hydrogens (tertiary/aromatic N) is 2. The zero-order valence-electron chi connectivity index (χ0n) is 10.7. The number of rotatable bonds is 4. The standard InChI is InChI=1S/C14H19N3S/c1-2-18-12-6-3-5-11(12)16-14-8-4-7-13-15-9-10-17(13)14/h4,7-12,16H,2-3,5-6H2,1H3. The van der Waals surface area contributed by atoms with E-state index in [0.717, 1.165) is 10.9 Å². The van der Waals surface area contributed by atoms with E-state index in [4.69, 9.17) is 0 Å². The second kappa shape index (κ2) is 5.22. The summed E-state index contributed by atoms with van der Waals surface area (Å²) in [4.78, 5) is 4.33. The maximum atomic E-state index is 4.33. The first-order valence-corrected chi connectivity index (χ1v) is 7.73. The van der Waals surface area contributed by atoms with Gasteiger partial charge in [0.05, 0.1) is 0 Å². The van der Waals surface area contributed by atoms with E-state index >= 15 is 0 Å². The summed E-state index contributed by atoms with van der Waals surface area (Å²) >= 11 is 2.09. The number of pyridine rings is 1. The van der Waals surface area contributed by atoms with Crippen molar-refractivity contribution in [3.63, 3.8) is 0 Å². The monoisotopic (exact) mass is 261 g/mol. The van der Waals surface area contributed by atoms with Crippen LogP contribution in [0.4, 0.5) is 5.82 Å². The molecule has 2 heterocycles. The van der Waals surface area contributed by atoms with Crippen LogP contribution in [0.2, 0.25) is 0 Å². The van der Waals surface area contributed by atoms with Crippen molar-refractivity contribution in [2.75, 3.05) is 11.1 Å². The van der Waals surface area contributed by atoms with Crippen LogP contribution < -0.4 is 5.32 Å². The van der Waals surface area contributed by atoms with Crippen molar-refractivity contribution < 1.29 is 0 Å². The van der Waals surface area contributed by atoms with Gasteiger partial charge in [0.2, 0.25) is 0 Å². The Morgan fingerprint density at radius 3 is 3.28 bits per heavy atom. The van der Waals surface area contributed by atoms with Gasteiger partial charge < -0.3 is 5.32 Å². The van der Waals surface area contributed by atoms with Gasteiger partial charge in [0, 0.05) is 23.7 Å². The zero-order valence-corrected chi connectivity index (χ0v) is 11.5. The minimum absolute atomic E-state index is 0.600. The lowest BCUT2D eigenvalue weighted by Crippen LogP contribution is -2.27. The van der Waals surface area contributed by atoms with Crippen molar-refractivity contribution in [1.82, 2.24) is 9.38 Å². The van der Waals surface area contributed by atoms with E-state index in [2.05, 4.69) is 45.5 Å². The molecule has 0 aliphatic heterocycles. The molecule has 3 rings (SSSR count). The molecular weight excluding hydrogens is 242 g/mol. The van der Waals surface area contributed by atoms with Crippen LogP contribution in [0.1, 0.15) is 26.2 Å². The summed E-state index contributed by atoms with van der Waals surface area (Å²) in [5, 5.41) is 4.47. The van der Waals surface area contributed by atoms with Crippen LogP contribution in [0.25, 0.3) is 5.65 Å². The Hall–Kier alpha value is -1.16. The van der Waals surface area contributed by atoms with Crippen LogP contribution in [0.3, 0.4) is 0 Å². The molecule has 2 unspecified atom stereocenters. The Kier molecular flexibility index (Phi) is 3.46. The van der Waals surface area contributed by atoms with E-state index < -0.39 is 0 Å². The number of nitrogens with one attached hydrogen (secondary N) is 1. The fraction of sp³-hybridized carbons (Fsp3) is 0.500. The summed E-state index contributed by atoms with van der Waals surface area (Å²) in [5.41, 5.74) is 1.01. The average molecular weight is 261 g/mol. The highest BCUT2D eigenvalue weighted by Crippen LogP contribution is 2.32. The molecule has 1 saturated carbocycles. The van der Waals surface area contributed by atoms with Gasteiger partial charge in [-0.1, -0.05) is 19.4 Å². The van der Waals surface area contributed by atoms with Gasteiger partial charge in [-0.05, 0) is 30.7 Å². The van der Waals surface area contributed by atoms with Gasteiger partial charge in [0.15, 0.2) is 0 Å². The Morgan fingerprint density at radius 2 is 2.39 bits per heavy atom. The number of anilines is 1. The lowest BCUT2D eigenvalue weighted by molar-refractivity contribution is 0.760. The zero-order chi connectivity index (χ0) is 12.4. The van der Waals surface area contributed by atoms with Crippen LogP contribution in [-0.4, -0.2) is 26.4 Å². The van der Waals surface area contributed by atoms with Gasteiger partial charge in [0.1, 0.15) is 11.5 Å². The molecule has 0 amide bonds. The molecule has 0 spiro atoms. The second-order valence-corrected chi connectivity index (χ2v) is 6.26. The molecule has 0 saturated heterocycles. The molecule has 1 N–H and O–H groups in total. The Labute approximate surface area is 112 Å². The summed E-state index contributed by atoms with van der Waals surface area (Å²) in [6.07, 6.45) is 7.84. The molecule has 4 heteroatoms. The minimum atomic E-state index is 0.600. The third-order valence-corrected chi connectivity index (χ3v) is 4.92. The van der Waals surface area contributed by atoms with Gasteiger partial charge in [-0.2, -0.15) is 11.8 Å². The van der Waals surface area contributed by atoms with E-state index in [1.54, 1.807) is 0 Å². The fourth-order valence-electron chi connectivity index (χ4n) is 2.76. The molecule has 2 atom stereocenters. The van der Waals surface area contributed by atoms with E-state index in [-0.39, 0.29) is 0 Å². The predicted octanol–water partition coefficient (Wildman–Crippen LogP) is 3.42. The lowest BCUT2D eigenvalue weighted by Gasteiger charge is -2.21. The first-order chi connectivity index (χ1) is 8.88. The molecule has 0 bridgehead atoms. The summed E-state index contributed by atoms with van der Waals surface area (Å²) < 4.78 is 2.13. The molecule has 2 aromatic heterocycles. The number of imidazole rings is 1. The number of fused-ring (bicyclic) bond motifs is 1. The first-order valence-electron chi connectivity index (χ1n) is 6.68. The maximum absolute atomic E-state index is 4.33. The van der Waals surface area contributed by atoms with Crippen molar-refractivity contribution in [3.8, 4) is 0 Å². The Bertz CT molecular complexity index is 522. The van der Waals surface area contributed by atoms with E-state index in [9.17, 15) is 0 Å². The number of hydrogen-bond donors (Lipinski definition) is 1. The highest BCUT2D eigenvalue weighted by atomic mass is 32.2. The summed E-state index contributed by atoms with van der Waals surface area (Å²) in [7, 11) is 0. The van der Waals surface area contributed by atoms with Crippen LogP contribution in [-0.2, 0) is 0 Å². The SMILES string of the molecule is CCSC1CCCC1Nc1cccc2nccn12. The normalized spacial score (nSPS) is 23.6. The summed E-state index contributed by atoms with van der Waals surface area (Å²) in [6, 6.07) is 6.85. The van der Waals surface area contributed by atoms with Crippen LogP contribution in [0, 0.1) is 0 Å². The predicted molar refractivity (Wildman–Crippen MR) is 78.4 cm³/mol. The van der Waals surface area contributed by atoms with Crippen molar-refractivity contribution in [2.45, 2.75) is 37.5 Å². The molecule has 3 nitrogen and oxygen atoms in total. The number of aromatic nitrogens is 2. The summed E-state index contributed by atoms with van der Waals surface area (Å²) in [5.74, 6) is 2.37. The quantitative estimate of drug-likeness (QED) is 0.914. The smallest absolute Gasteiger partial charge is 0.138 e. The van der Waals surface area contributed by atoms with Gasteiger partial charge >= 0.3 is 0 Å². The minimum Gasteiger partial charge on any atom is -0.367 e. The van der Waals surface area contributed by atoms with Crippen LogP contribution in [0.15, 0.2) is 30.6 Å². The average Bonchev–Trinajstić information content (AvgIpc) is 3.00. The molecule has 2 aromatic rings. The number of thioether (sulfide) groups is 1. The number of hydrogen-bond acceptors (Lipinski definition) is 3. The molecular formula is C14H19N3S. The van der Waals surface area contributed by atoms with Gasteiger partial charge in [-0.3, -0.25) is 4.40 Å². The second-order valence-electron chi connectivity index (χ2n) is 4.74. The van der Waals surface area contributed by atoms with Crippen molar-refractivity contribution >= 4 is 23.2 Å². The van der Waals surface area contributed by atoms with Crippen molar-refractivity contribution in [3.05, 3.63) is 30.6 Å². The van der Waals surface area contributed by atoms with E-state index in [0.29, 0.717) is 6.04 Å². The van der Waals surface area contributed by atoms with E-state index in [1.807, 2.05) is 18.5 Å². The highest BCUT2D eigenvalue weighted by Gasteiger charge is 2.27. The topological polar surface area (TPSA) is 29.3 Å². The van der Waals surface area contributed by atoms with Crippen molar-refractivity contribution in [2.24, 2.45) is 0 Å². The third-order valence-electron chi connectivity index (χ3n) is 3.59. The molecule has 0 radical (unpaired) electrons. The molecule has 18 heavy (non-hydrogen) atoms. The van der Waals surface area contributed by atoms with Gasteiger partial charge in [-0.25, -0.2) is 4.98 Å². The molecule has 0 aromatic carbocycles. The Morgan fingerprint density at radius 1 is 1.44 bits per heavy atom. The first kappa shape index (κ1) is 11.9. The highest BCUT2D eigenvalue weighted by molar-refractivity contribution is 7.99. The largest absolute Gasteiger partial charge is 0.367 e. The molecule has 96 valence electrons. The van der Waals surface area contributed by atoms with E-state index in [1.165, 1.54) is 30.8 Å². The lowest BCUT2D eigenvalue weighted by atomic mass is 10.2. The van der Waals surface area contributed by atoms with Crippen LogP contribution in [0.5, 0.6) is 0 Å². The van der Waals surface area contributed by atoms with Gasteiger partial charge in [0.25, 0.3) is 0 Å². The molecule has 1 aliphatic carbocycles. The van der Waals surface area contributed by atoms with Crippen molar-refractivity contribution in [1.29, 1.82) is 0 Å². The fourth-order valence-corrected chi connectivity index (χ4v) is 3.96. The van der Waals surface area contributed by atoms with Crippen LogP contribution >= 0.6 is 11.8 Å². The maximum Gasteiger partial charge on any atom is 0.138 e. The summed E-state index contributed by atoms with van der Waals surface area (Å²) in [6.45, 7) is 2.25. The third kappa shape index (κ3) is 2.21. The molecule has 1 aliphatic rings. The molecule has 1 fully saturated rings. The van der Waals surface area contributed by atoms with Gasteiger partial charge in [-0.15, -0.1) is 0 Å².